The lowest BCUT2D eigenvalue weighted by Crippen LogP contribution is -2.29. The summed E-state index contributed by atoms with van der Waals surface area (Å²) in [5, 5.41) is 0. The minimum absolute atomic E-state index is 0.100. The lowest BCUT2D eigenvalue weighted by Gasteiger charge is -2.14. The van der Waals surface area contributed by atoms with E-state index in [-0.39, 0.29) is 18.3 Å². The number of ether oxygens (including phenoxy) is 1. The predicted molar refractivity (Wildman–Crippen MR) is 119 cm³/mol. The van der Waals surface area contributed by atoms with Crippen molar-refractivity contribution in [2.75, 3.05) is 33.8 Å². The Morgan fingerprint density at radius 3 is 2.68 bits per heavy atom. The largest absolute Gasteiger partial charge is 0.464 e. The Labute approximate surface area is 176 Å². The van der Waals surface area contributed by atoms with Crippen molar-refractivity contribution in [1.82, 2.24) is 9.80 Å². The standard InChI is InChI=1S/C21H26N2O3S2/c1-16(14-17-8-5-4-6-9-17)15-18-20(25)23(21(27)28-18)11-7-10-19(24)26-13-12-22(2)3/h4-6,8-9,14-15H,7,10-13H2,1-3H3. The van der Waals surface area contributed by atoms with Gasteiger partial charge in [0, 0.05) is 19.5 Å². The summed E-state index contributed by atoms with van der Waals surface area (Å²) in [6.07, 6.45) is 4.69. The van der Waals surface area contributed by atoms with Crippen LogP contribution >= 0.6 is 24.0 Å². The van der Waals surface area contributed by atoms with E-state index in [1.807, 2.05) is 68.4 Å². The molecular formula is C21H26N2O3S2. The van der Waals surface area contributed by atoms with Gasteiger partial charge in [-0.25, -0.2) is 0 Å². The zero-order valence-corrected chi connectivity index (χ0v) is 18.1. The summed E-state index contributed by atoms with van der Waals surface area (Å²) in [6, 6.07) is 9.95. The topological polar surface area (TPSA) is 49.9 Å². The molecule has 0 bridgehead atoms. The monoisotopic (exact) mass is 418 g/mol. The van der Waals surface area contributed by atoms with Crippen molar-refractivity contribution in [1.29, 1.82) is 0 Å². The maximum atomic E-state index is 12.6. The van der Waals surface area contributed by atoms with Gasteiger partial charge in [0.1, 0.15) is 10.9 Å². The first kappa shape index (κ1) is 22.3. The van der Waals surface area contributed by atoms with E-state index < -0.39 is 0 Å². The number of benzene rings is 1. The molecule has 1 saturated heterocycles. The highest BCUT2D eigenvalue weighted by Gasteiger charge is 2.31. The summed E-state index contributed by atoms with van der Waals surface area (Å²) in [7, 11) is 3.85. The summed E-state index contributed by atoms with van der Waals surface area (Å²) in [4.78, 5) is 28.5. The molecule has 0 atom stereocenters. The Kier molecular flexibility index (Phi) is 8.89. The number of carbonyl (C=O) groups is 2. The number of esters is 1. The number of thiocarbonyl (C=S) groups is 1. The number of thioether (sulfide) groups is 1. The van der Waals surface area contributed by atoms with Crippen molar-refractivity contribution in [2.45, 2.75) is 19.8 Å². The van der Waals surface area contributed by atoms with Crippen LogP contribution in [0.1, 0.15) is 25.3 Å². The van der Waals surface area contributed by atoms with E-state index in [0.29, 0.717) is 35.3 Å². The molecule has 0 spiro atoms. The van der Waals surface area contributed by atoms with Crippen molar-refractivity contribution in [3.8, 4) is 0 Å². The average Bonchev–Trinajstić information content (AvgIpc) is 2.89. The van der Waals surface area contributed by atoms with Crippen LogP contribution in [0.4, 0.5) is 0 Å². The summed E-state index contributed by atoms with van der Waals surface area (Å²) >= 11 is 6.64. The maximum absolute atomic E-state index is 12.6. The quantitative estimate of drug-likeness (QED) is 0.346. The molecule has 1 aromatic carbocycles. The zero-order chi connectivity index (χ0) is 20.5. The highest BCUT2D eigenvalue weighted by Crippen LogP contribution is 2.32. The lowest BCUT2D eigenvalue weighted by molar-refractivity contribution is -0.144. The van der Waals surface area contributed by atoms with E-state index in [4.69, 9.17) is 17.0 Å². The Bertz CT molecular complexity index is 773. The van der Waals surface area contributed by atoms with Crippen molar-refractivity contribution in [2.24, 2.45) is 0 Å². The number of allylic oxidation sites excluding steroid dienone is 2. The van der Waals surface area contributed by atoms with Gasteiger partial charge in [-0.3, -0.25) is 14.5 Å². The third-order valence-corrected chi connectivity index (χ3v) is 5.37. The fraction of sp³-hybridized carbons (Fsp3) is 0.381. The molecule has 5 nitrogen and oxygen atoms in total. The van der Waals surface area contributed by atoms with Crippen LogP contribution in [0.5, 0.6) is 0 Å². The molecule has 1 heterocycles. The van der Waals surface area contributed by atoms with Crippen molar-refractivity contribution in [3.05, 3.63) is 52.4 Å². The van der Waals surface area contributed by atoms with Crippen LogP contribution < -0.4 is 0 Å². The van der Waals surface area contributed by atoms with Gasteiger partial charge in [-0.1, -0.05) is 60.4 Å². The van der Waals surface area contributed by atoms with Crippen LogP contribution in [-0.2, 0) is 14.3 Å². The van der Waals surface area contributed by atoms with Crippen molar-refractivity contribution in [3.63, 3.8) is 0 Å². The summed E-state index contributed by atoms with van der Waals surface area (Å²) in [6.45, 7) is 3.46. The highest BCUT2D eigenvalue weighted by molar-refractivity contribution is 8.26. The molecule has 0 aliphatic carbocycles. The molecule has 1 aromatic rings. The molecule has 1 amide bonds. The number of rotatable bonds is 9. The maximum Gasteiger partial charge on any atom is 0.305 e. The highest BCUT2D eigenvalue weighted by atomic mass is 32.2. The van der Waals surface area contributed by atoms with Crippen LogP contribution in [-0.4, -0.2) is 59.8 Å². The molecular weight excluding hydrogens is 392 g/mol. The molecule has 150 valence electrons. The molecule has 1 aliphatic rings. The average molecular weight is 419 g/mol. The third-order valence-electron chi connectivity index (χ3n) is 3.99. The smallest absolute Gasteiger partial charge is 0.305 e. The molecule has 0 radical (unpaired) electrons. The number of carbonyl (C=O) groups excluding carboxylic acids is 2. The van der Waals surface area contributed by atoms with Gasteiger partial charge in [0.15, 0.2) is 0 Å². The predicted octanol–water partition coefficient (Wildman–Crippen LogP) is 3.72. The van der Waals surface area contributed by atoms with E-state index >= 15 is 0 Å². The molecule has 0 unspecified atom stereocenters. The van der Waals surface area contributed by atoms with Gasteiger partial charge >= 0.3 is 5.97 Å². The van der Waals surface area contributed by atoms with Crippen molar-refractivity contribution < 1.29 is 14.3 Å². The van der Waals surface area contributed by atoms with E-state index in [1.165, 1.54) is 11.8 Å². The minimum atomic E-state index is -0.246. The van der Waals surface area contributed by atoms with E-state index in [0.717, 1.165) is 11.1 Å². The first-order valence-corrected chi connectivity index (χ1v) is 10.4. The number of amides is 1. The van der Waals surface area contributed by atoms with E-state index in [1.54, 1.807) is 4.90 Å². The Balaban J connectivity index is 1.86. The molecule has 0 saturated carbocycles. The fourth-order valence-electron chi connectivity index (χ4n) is 2.55. The second kappa shape index (κ2) is 11.1. The molecule has 2 rings (SSSR count). The first-order valence-electron chi connectivity index (χ1n) is 9.16. The normalized spacial score (nSPS) is 16.4. The molecule has 1 aliphatic heterocycles. The zero-order valence-electron chi connectivity index (χ0n) is 16.5. The van der Waals surface area contributed by atoms with Gasteiger partial charge < -0.3 is 9.64 Å². The number of hydrogen-bond donors (Lipinski definition) is 0. The minimum Gasteiger partial charge on any atom is -0.464 e. The molecule has 0 N–H and O–H groups in total. The molecule has 1 fully saturated rings. The summed E-state index contributed by atoms with van der Waals surface area (Å²) in [5.74, 6) is -0.346. The fourth-order valence-corrected chi connectivity index (χ4v) is 3.91. The van der Waals surface area contributed by atoms with E-state index in [2.05, 4.69) is 0 Å². The second-order valence-corrected chi connectivity index (χ2v) is 8.44. The van der Waals surface area contributed by atoms with Gasteiger partial charge in [-0.15, -0.1) is 0 Å². The summed E-state index contributed by atoms with van der Waals surface area (Å²) in [5.41, 5.74) is 2.07. The van der Waals surface area contributed by atoms with Crippen LogP contribution in [0, 0.1) is 0 Å². The lowest BCUT2D eigenvalue weighted by atomic mass is 10.1. The van der Waals surface area contributed by atoms with E-state index in [9.17, 15) is 9.59 Å². The molecule has 7 heteroatoms. The van der Waals surface area contributed by atoms with Crippen LogP contribution in [0.15, 0.2) is 46.9 Å². The third kappa shape index (κ3) is 7.22. The van der Waals surface area contributed by atoms with Crippen LogP contribution in [0.3, 0.4) is 0 Å². The van der Waals surface area contributed by atoms with Gasteiger partial charge in [-0.2, -0.15) is 0 Å². The summed E-state index contributed by atoms with van der Waals surface area (Å²) < 4.78 is 5.69. The molecule has 0 aromatic heterocycles. The van der Waals surface area contributed by atoms with Gasteiger partial charge in [0.2, 0.25) is 0 Å². The Morgan fingerprint density at radius 2 is 2.00 bits per heavy atom. The molecule has 28 heavy (non-hydrogen) atoms. The number of likely N-dealkylation sites (N-methyl/N-ethyl adjacent to an activating group) is 1. The van der Waals surface area contributed by atoms with Crippen LogP contribution in [0.2, 0.25) is 0 Å². The Hall–Kier alpha value is -1.96. The number of nitrogens with zero attached hydrogens (tertiary/aromatic N) is 2. The van der Waals surface area contributed by atoms with Crippen molar-refractivity contribution >= 4 is 46.3 Å². The first-order chi connectivity index (χ1) is 13.4. The SMILES string of the molecule is CC(=Cc1ccccc1)C=C1SC(=S)N(CCCC(=O)OCCN(C)C)C1=O. The number of hydrogen-bond acceptors (Lipinski definition) is 6. The van der Waals surface area contributed by atoms with Gasteiger partial charge in [-0.05, 0) is 44.7 Å². The van der Waals surface area contributed by atoms with Crippen LogP contribution in [0.25, 0.3) is 6.08 Å². The Morgan fingerprint density at radius 1 is 1.29 bits per heavy atom. The van der Waals surface area contributed by atoms with Gasteiger partial charge in [0.05, 0.1) is 4.91 Å². The second-order valence-electron chi connectivity index (χ2n) is 6.76. The van der Waals surface area contributed by atoms with Gasteiger partial charge in [0.25, 0.3) is 5.91 Å².